The molecule has 1 aromatic carbocycles. The molecule has 0 aliphatic heterocycles. The Morgan fingerprint density at radius 2 is 2.00 bits per heavy atom. The summed E-state index contributed by atoms with van der Waals surface area (Å²) in [6, 6.07) is 9.78. The van der Waals surface area contributed by atoms with Gasteiger partial charge in [-0.15, -0.1) is 0 Å². The maximum atomic E-state index is 11.8. The molecule has 1 aromatic rings. The van der Waals surface area contributed by atoms with Gasteiger partial charge in [0.2, 0.25) is 0 Å². The highest BCUT2D eigenvalue weighted by atomic mass is 16.5. The fraction of sp³-hybridized carbons (Fsp3) is 0.533. The van der Waals surface area contributed by atoms with Crippen molar-refractivity contribution in [3.8, 4) is 0 Å². The van der Waals surface area contributed by atoms with Gasteiger partial charge < -0.3 is 10.1 Å². The van der Waals surface area contributed by atoms with Crippen molar-refractivity contribution >= 4 is 5.97 Å². The van der Waals surface area contributed by atoms with Gasteiger partial charge in [0.1, 0.15) is 0 Å². The fourth-order valence-corrected chi connectivity index (χ4v) is 1.91. The van der Waals surface area contributed by atoms with Gasteiger partial charge in [0, 0.05) is 6.54 Å². The number of benzene rings is 1. The minimum Gasteiger partial charge on any atom is -0.469 e. The van der Waals surface area contributed by atoms with E-state index in [2.05, 4.69) is 12.2 Å². The fourth-order valence-electron chi connectivity index (χ4n) is 1.91. The van der Waals surface area contributed by atoms with E-state index in [1.807, 2.05) is 30.3 Å². The molecule has 1 rings (SSSR count). The highest BCUT2D eigenvalue weighted by Crippen LogP contribution is 2.16. The van der Waals surface area contributed by atoms with Gasteiger partial charge in [-0.25, -0.2) is 0 Å². The zero-order valence-electron chi connectivity index (χ0n) is 11.3. The number of unbranched alkanes of at least 4 members (excludes halogenated alkanes) is 2. The summed E-state index contributed by atoms with van der Waals surface area (Å²) in [5.41, 5.74) is 1.01. The molecule has 0 spiro atoms. The molecule has 3 heteroatoms. The summed E-state index contributed by atoms with van der Waals surface area (Å²) in [7, 11) is 1.44. The Morgan fingerprint density at radius 3 is 2.61 bits per heavy atom. The van der Waals surface area contributed by atoms with Gasteiger partial charge in [-0.3, -0.25) is 4.79 Å². The first-order valence-electron chi connectivity index (χ1n) is 6.63. The minimum atomic E-state index is -0.210. The minimum absolute atomic E-state index is 0.177. The van der Waals surface area contributed by atoms with Gasteiger partial charge in [0.25, 0.3) is 0 Å². The van der Waals surface area contributed by atoms with E-state index in [1.165, 1.54) is 20.0 Å². The number of nitrogens with one attached hydrogen (secondary N) is 1. The Kier molecular flexibility index (Phi) is 7.11. The average molecular weight is 249 g/mol. The summed E-state index contributed by atoms with van der Waals surface area (Å²) in [5.74, 6) is -0.387. The average Bonchev–Trinajstić information content (AvgIpc) is 2.43. The number of carbonyl (C=O) groups is 1. The monoisotopic (exact) mass is 249 g/mol. The van der Waals surface area contributed by atoms with Gasteiger partial charge in [-0.2, -0.15) is 0 Å². The number of esters is 1. The van der Waals surface area contributed by atoms with E-state index in [9.17, 15) is 4.79 Å². The molecule has 0 saturated carbocycles. The van der Waals surface area contributed by atoms with Crippen molar-refractivity contribution in [1.82, 2.24) is 5.32 Å². The predicted octanol–water partition coefficient (Wildman–Crippen LogP) is 2.72. The van der Waals surface area contributed by atoms with Gasteiger partial charge >= 0.3 is 5.97 Å². The molecule has 0 bridgehead atoms. The Hall–Kier alpha value is -1.35. The number of carbonyl (C=O) groups excluding carboxylic acids is 1. The number of hydrogen-bond donors (Lipinski definition) is 1. The lowest BCUT2D eigenvalue weighted by molar-refractivity contribution is -0.142. The molecule has 0 heterocycles. The van der Waals surface area contributed by atoms with Crippen LogP contribution in [0, 0.1) is 0 Å². The van der Waals surface area contributed by atoms with Crippen LogP contribution in [0.1, 0.15) is 37.7 Å². The summed E-state index contributed by atoms with van der Waals surface area (Å²) < 4.78 is 4.87. The van der Waals surface area contributed by atoms with E-state index in [4.69, 9.17) is 4.74 Å². The molecule has 0 aromatic heterocycles. The van der Waals surface area contributed by atoms with Crippen LogP contribution in [0.25, 0.3) is 0 Å². The second-order valence-corrected chi connectivity index (χ2v) is 4.40. The molecule has 0 saturated heterocycles. The standard InChI is InChI=1S/C15H23NO2/c1-3-4-8-11-16-12-14(15(17)18-2)13-9-6-5-7-10-13/h5-7,9-10,14,16H,3-4,8,11-12H2,1-2H3. The van der Waals surface area contributed by atoms with Crippen LogP contribution in [0.3, 0.4) is 0 Å². The maximum absolute atomic E-state index is 11.8. The van der Waals surface area contributed by atoms with E-state index in [-0.39, 0.29) is 11.9 Å². The summed E-state index contributed by atoms with van der Waals surface area (Å²) >= 11 is 0. The van der Waals surface area contributed by atoms with Crippen molar-refractivity contribution in [3.63, 3.8) is 0 Å². The van der Waals surface area contributed by atoms with Gasteiger partial charge in [0.05, 0.1) is 13.0 Å². The lowest BCUT2D eigenvalue weighted by atomic mass is 9.99. The number of rotatable bonds is 8. The predicted molar refractivity (Wildman–Crippen MR) is 73.6 cm³/mol. The molecule has 1 N–H and O–H groups in total. The Labute approximate surface area is 110 Å². The van der Waals surface area contributed by atoms with E-state index in [1.54, 1.807) is 0 Å². The van der Waals surface area contributed by atoms with Gasteiger partial charge in [-0.05, 0) is 18.5 Å². The first-order valence-corrected chi connectivity index (χ1v) is 6.63. The lowest BCUT2D eigenvalue weighted by Crippen LogP contribution is -2.28. The third kappa shape index (κ3) is 4.88. The van der Waals surface area contributed by atoms with E-state index >= 15 is 0 Å². The van der Waals surface area contributed by atoms with Crippen LogP contribution in [-0.2, 0) is 9.53 Å². The molecule has 3 nitrogen and oxygen atoms in total. The Morgan fingerprint density at radius 1 is 1.28 bits per heavy atom. The van der Waals surface area contributed by atoms with Crippen LogP contribution in [0.4, 0.5) is 0 Å². The molecule has 0 aliphatic carbocycles. The third-order valence-corrected chi connectivity index (χ3v) is 2.99. The largest absolute Gasteiger partial charge is 0.469 e. The highest BCUT2D eigenvalue weighted by molar-refractivity contribution is 5.78. The quantitative estimate of drug-likeness (QED) is 0.568. The van der Waals surface area contributed by atoms with Gasteiger partial charge in [-0.1, -0.05) is 50.1 Å². The molecule has 100 valence electrons. The Balaban J connectivity index is 2.50. The number of hydrogen-bond acceptors (Lipinski definition) is 3. The molecular weight excluding hydrogens is 226 g/mol. The molecule has 0 aliphatic rings. The van der Waals surface area contributed by atoms with E-state index in [0.717, 1.165) is 18.5 Å². The summed E-state index contributed by atoms with van der Waals surface area (Å²) in [6.45, 7) is 3.77. The number of methoxy groups -OCH3 is 1. The molecule has 1 atom stereocenters. The zero-order chi connectivity index (χ0) is 13.2. The normalized spacial score (nSPS) is 12.1. The van der Waals surface area contributed by atoms with Crippen molar-refractivity contribution in [1.29, 1.82) is 0 Å². The van der Waals surface area contributed by atoms with Crippen LogP contribution < -0.4 is 5.32 Å². The van der Waals surface area contributed by atoms with Crippen LogP contribution in [0.15, 0.2) is 30.3 Å². The number of ether oxygens (including phenoxy) is 1. The van der Waals surface area contributed by atoms with Crippen molar-refractivity contribution in [2.75, 3.05) is 20.2 Å². The first-order chi connectivity index (χ1) is 8.79. The van der Waals surface area contributed by atoms with E-state index in [0.29, 0.717) is 6.54 Å². The molecular formula is C15H23NO2. The molecule has 18 heavy (non-hydrogen) atoms. The summed E-state index contributed by atoms with van der Waals surface area (Å²) in [4.78, 5) is 11.8. The first kappa shape index (κ1) is 14.7. The second kappa shape index (κ2) is 8.70. The van der Waals surface area contributed by atoms with Crippen LogP contribution in [0.2, 0.25) is 0 Å². The van der Waals surface area contributed by atoms with Crippen LogP contribution in [-0.4, -0.2) is 26.2 Å². The van der Waals surface area contributed by atoms with Crippen LogP contribution >= 0.6 is 0 Å². The van der Waals surface area contributed by atoms with Crippen molar-refractivity contribution < 1.29 is 9.53 Å². The molecule has 0 amide bonds. The SMILES string of the molecule is CCCCCNCC(C(=O)OC)c1ccccc1. The molecule has 0 fully saturated rings. The highest BCUT2D eigenvalue weighted by Gasteiger charge is 2.20. The second-order valence-electron chi connectivity index (χ2n) is 4.40. The van der Waals surface area contributed by atoms with E-state index < -0.39 is 0 Å². The van der Waals surface area contributed by atoms with Gasteiger partial charge in [0.15, 0.2) is 0 Å². The van der Waals surface area contributed by atoms with Crippen molar-refractivity contribution in [3.05, 3.63) is 35.9 Å². The summed E-state index contributed by atoms with van der Waals surface area (Å²) in [5, 5.41) is 3.33. The summed E-state index contributed by atoms with van der Waals surface area (Å²) in [6.07, 6.45) is 3.58. The van der Waals surface area contributed by atoms with Crippen molar-refractivity contribution in [2.45, 2.75) is 32.1 Å². The third-order valence-electron chi connectivity index (χ3n) is 2.99. The Bertz CT molecular complexity index is 338. The molecule has 1 unspecified atom stereocenters. The zero-order valence-corrected chi connectivity index (χ0v) is 11.3. The topological polar surface area (TPSA) is 38.3 Å². The molecule has 0 radical (unpaired) electrons. The maximum Gasteiger partial charge on any atom is 0.314 e. The lowest BCUT2D eigenvalue weighted by Gasteiger charge is -2.15. The van der Waals surface area contributed by atoms with Crippen molar-refractivity contribution in [2.24, 2.45) is 0 Å². The van der Waals surface area contributed by atoms with Crippen LogP contribution in [0.5, 0.6) is 0 Å². The smallest absolute Gasteiger partial charge is 0.314 e.